The van der Waals surface area contributed by atoms with Gasteiger partial charge in [-0.1, -0.05) is 0 Å². The second kappa shape index (κ2) is 3.74. The number of rotatable bonds is 2. The Kier molecular flexibility index (Phi) is 2.67. The molecule has 0 heterocycles. The summed E-state index contributed by atoms with van der Waals surface area (Å²) in [6, 6.07) is 5.42. The van der Waals surface area contributed by atoms with Crippen molar-refractivity contribution in [3.05, 3.63) is 29.6 Å². The van der Waals surface area contributed by atoms with Gasteiger partial charge in [0.05, 0.1) is 11.6 Å². The zero-order valence-corrected chi connectivity index (χ0v) is 5.99. The van der Waals surface area contributed by atoms with Gasteiger partial charge in [-0.05, 0) is 18.2 Å². The Morgan fingerprint density at radius 3 is 2.92 bits per heavy atom. The summed E-state index contributed by atoms with van der Waals surface area (Å²) in [6.45, 7) is 0. The van der Waals surface area contributed by atoms with Crippen LogP contribution in [0.4, 0.5) is 4.39 Å². The third-order valence-corrected chi connectivity index (χ3v) is 1.24. The first-order chi connectivity index (χ1) is 5.77. The van der Waals surface area contributed by atoms with Crippen LogP contribution in [0.3, 0.4) is 0 Å². The van der Waals surface area contributed by atoms with Crippen molar-refractivity contribution in [1.82, 2.24) is 0 Å². The Labute approximate surface area is 69.3 Å². The third kappa shape index (κ3) is 1.74. The lowest BCUT2D eigenvalue weighted by Crippen LogP contribution is -2.01. The van der Waals surface area contributed by atoms with Crippen LogP contribution >= 0.6 is 0 Å². The maximum absolute atomic E-state index is 12.7. The molecule has 0 amide bonds. The lowest BCUT2D eigenvalue weighted by Gasteiger charge is -2.01. The predicted octanol–water partition coefficient (Wildman–Crippen LogP) is 0.603. The summed E-state index contributed by atoms with van der Waals surface area (Å²) < 4.78 is 17.1. The number of halogens is 1. The van der Waals surface area contributed by atoms with Gasteiger partial charge in [-0.3, -0.25) is 0 Å². The fourth-order valence-electron chi connectivity index (χ4n) is 0.720. The number of hydrogen-bond acceptors (Lipinski definition) is 3. The molecule has 0 aromatic heterocycles. The van der Waals surface area contributed by atoms with Crippen LogP contribution in [-0.2, 0) is 0 Å². The van der Waals surface area contributed by atoms with Gasteiger partial charge < -0.3 is 9.68 Å². The van der Waals surface area contributed by atoms with Gasteiger partial charge in [0.25, 0.3) is 0 Å². The first kappa shape index (κ1) is 8.56. The van der Waals surface area contributed by atoms with E-state index in [1.165, 1.54) is 12.1 Å². The summed E-state index contributed by atoms with van der Waals surface area (Å²) in [4.78, 5) is 0. The van der Waals surface area contributed by atoms with E-state index in [1.54, 1.807) is 0 Å². The molecule has 59 valence electrons. The van der Waals surface area contributed by atoms with Crippen molar-refractivity contribution in [3.63, 3.8) is 0 Å². The number of benzene rings is 1. The summed E-state index contributed by atoms with van der Waals surface area (Å²) in [5, 5.41) is 16.6. The summed E-state index contributed by atoms with van der Waals surface area (Å²) in [5.41, 5.74) is 0.272. The highest BCUT2D eigenvalue weighted by atomic mass is 19.1. The van der Waals surface area contributed by atoms with E-state index in [1.807, 2.05) is 6.07 Å². The quantitative estimate of drug-likeness (QED) is 0.651. The van der Waals surface area contributed by atoms with Crippen LogP contribution in [0.15, 0.2) is 18.2 Å². The molecule has 0 unspecified atom stereocenters. The molecular formula is C7H4BFNO2. The van der Waals surface area contributed by atoms with Crippen molar-refractivity contribution < 1.29 is 14.1 Å². The molecule has 12 heavy (non-hydrogen) atoms. The first-order valence-electron chi connectivity index (χ1n) is 3.10. The van der Waals surface area contributed by atoms with Crippen molar-refractivity contribution in [2.45, 2.75) is 0 Å². The molecule has 3 nitrogen and oxygen atoms in total. The van der Waals surface area contributed by atoms with Gasteiger partial charge in [0.15, 0.2) is 5.82 Å². The second-order valence-corrected chi connectivity index (χ2v) is 1.98. The molecule has 0 bridgehead atoms. The lowest BCUT2D eigenvalue weighted by molar-refractivity contribution is 0.431. The average Bonchev–Trinajstić information content (AvgIpc) is 2.09. The highest BCUT2D eigenvalue weighted by Crippen LogP contribution is 2.17. The van der Waals surface area contributed by atoms with Crippen molar-refractivity contribution in [2.24, 2.45) is 0 Å². The maximum atomic E-state index is 12.7. The number of nitrogens with zero attached hydrogens (tertiary/aromatic N) is 1. The topological polar surface area (TPSA) is 53.2 Å². The zero-order valence-electron chi connectivity index (χ0n) is 5.99. The summed E-state index contributed by atoms with van der Waals surface area (Å²) in [7, 11) is 0.361. The van der Waals surface area contributed by atoms with E-state index in [0.29, 0.717) is 7.69 Å². The van der Waals surface area contributed by atoms with Gasteiger partial charge in [-0.15, -0.1) is 0 Å². The molecule has 1 aromatic carbocycles. The first-order valence-corrected chi connectivity index (χ1v) is 3.10. The minimum Gasteiger partial charge on any atom is -0.535 e. The molecule has 0 fully saturated rings. The minimum absolute atomic E-state index is 0.170. The monoisotopic (exact) mass is 164 g/mol. The summed E-state index contributed by atoms with van der Waals surface area (Å²) in [6.07, 6.45) is 0. The van der Waals surface area contributed by atoms with Crippen LogP contribution in [0.1, 0.15) is 5.56 Å². The molecular weight excluding hydrogens is 160 g/mol. The Hall–Kier alpha value is -1.54. The molecule has 0 spiro atoms. The highest BCUT2D eigenvalue weighted by molar-refractivity contribution is 6.17. The minimum atomic E-state index is -0.626. The molecule has 0 aliphatic heterocycles. The SMILES string of the molecule is N#Cc1ccc(F)c(O[B]O)c1. The van der Waals surface area contributed by atoms with Crippen LogP contribution in [0.5, 0.6) is 5.75 Å². The fourth-order valence-corrected chi connectivity index (χ4v) is 0.720. The van der Waals surface area contributed by atoms with E-state index >= 15 is 0 Å². The van der Waals surface area contributed by atoms with Gasteiger partial charge in [-0.25, -0.2) is 4.39 Å². The molecule has 0 atom stereocenters. The van der Waals surface area contributed by atoms with Crippen LogP contribution in [-0.4, -0.2) is 12.7 Å². The van der Waals surface area contributed by atoms with Gasteiger partial charge >= 0.3 is 7.69 Å². The Balaban J connectivity index is 3.01. The van der Waals surface area contributed by atoms with Crippen molar-refractivity contribution >= 4 is 7.69 Å². The highest BCUT2D eigenvalue weighted by Gasteiger charge is 2.04. The van der Waals surface area contributed by atoms with Crippen LogP contribution in [0.2, 0.25) is 0 Å². The smallest absolute Gasteiger partial charge is 0.535 e. The standard InChI is InChI=1S/C7H4BFNO2/c9-6-2-1-5(4-10)3-7(6)12-8-11/h1-3,11H. The van der Waals surface area contributed by atoms with Crippen LogP contribution < -0.4 is 4.65 Å². The van der Waals surface area contributed by atoms with Gasteiger partial charge in [0.1, 0.15) is 5.75 Å². The van der Waals surface area contributed by atoms with E-state index in [-0.39, 0.29) is 11.3 Å². The molecule has 1 aromatic rings. The maximum Gasteiger partial charge on any atom is 0.569 e. The molecule has 1 radical (unpaired) electrons. The average molecular weight is 164 g/mol. The molecule has 0 saturated heterocycles. The van der Waals surface area contributed by atoms with Crippen LogP contribution in [0, 0.1) is 17.1 Å². The predicted molar refractivity (Wildman–Crippen MR) is 39.7 cm³/mol. The molecule has 5 heteroatoms. The van der Waals surface area contributed by atoms with Crippen molar-refractivity contribution in [2.75, 3.05) is 0 Å². The Morgan fingerprint density at radius 1 is 1.58 bits per heavy atom. The fraction of sp³-hybridized carbons (Fsp3) is 0. The van der Waals surface area contributed by atoms with E-state index < -0.39 is 5.82 Å². The van der Waals surface area contributed by atoms with E-state index in [0.717, 1.165) is 6.07 Å². The van der Waals surface area contributed by atoms with E-state index in [4.69, 9.17) is 10.3 Å². The zero-order chi connectivity index (χ0) is 8.97. The molecule has 1 rings (SSSR count). The van der Waals surface area contributed by atoms with Crippen LogP contribution in [0.25, 0.3) is 0 Å². The molecule has 0 aliphatic rings. The van der Waals surface area contributed by atoms with E-state index in [2.05, 4.69) is 4.65 Å². The Bertz CT molecular complexity index is 324. The van der Waals surface area contributed by atoms with E-state index in [9.17, 15) is 4.39 Å². The summed E-state index contributed by atoms with van der Waals surface area (Å²) >= 11 is 0. The number of nitriles is 1. The number of hydrogen-bond donors (Lipinski definition) is 1. The van der Waals surface area contributed by atoms with Gasteiger partial charge in [0.2, 0.25) is 0 Å². The molecule has 0 aliphatic carbocycles. The molecule has 1 N–H and O–H groups in total. The largest absolute Gasteiger partial charge is 0.569 e. The summed E-state index contributed by atoms with van der Waals surface area (Å²) in [5.74, 6) is -0.796. The molecule has 0 saturated carbocycles. The van der Waals surface area contributed by atoms with Crippen molar-refractivity contribution in [3.8, 4) is 11.8 Å². The van der Waals surface area contributed by atoms with Gasteiger partial charge in [-0.2, -0.15) is 5.26 Å². The van der Waals surface area contributed by atoms with Crippen molar-refractivity contribution in [1.29, 1.82) is 5.26 Å². The lowest BCUT2D eigenvalue weighted by atomic mass is 10.2. The normalized spacial score (nSPS) is 8.75. The Morgan fingerprint density at radius 2 is 2.33 bits per heavy atom. The second-order valence-electron chi connectivity index (χ2n) is 1.98. The van der Waals surface area contributed by atoms with Gasteiger partial charge in [0, 0.05) is 0 Å². The third-order valence-electron chi connectivity index (χ3n) is 1.24.